The van der Waals surface area contributed by atoms with E-state index in [0.29, 0.717) is 6.54 Å². The number of halogens is 1. The second kappa shape index (κ2) is 5.58. The van der Waals surface area contributed by atoms with Crippen LogP contribution in [0.4, 0.5) is 0 Å². The molecule has 0 aliphatic heterocycles. The number of rotatable bonds is 3. The predicted molar refractivity (Wildman–Crippen MR) is 74.6 cm³/mol. The van der Waals surface area contributed by atoms with Gasteiger partial charge >= 0.3 is 0 Å². The lowest BCUT2D eigenvalue weighted by Gasteiger charge is -2.08. The van der Waals surface area contributed by atoms with Gasteiger partial charge in [-0.15, -0.1) is 0 Å². The first-order valence-electron chi connectivity index (χ1n) is 5.42. The largest absolute Gasteiger partial charge is 0.326 e. The minimum atomic E-state index is 0.533. The summed E-state index contributed by atoms with van der Waals surface area (Å²) in [5.74, 6) is 0. The molecule has 2 rings (SSSR count). The van der Waals surface area contributed by atoms with Crippen LogP contribution in [0, 0.1) is 6.92 Å². The van der Waals surface area contributed by atoms with Crippen molar-refractivity contribution in [3.05, 3.63) is 58.6 Å². The van der Waals surface area contributed by atoms with Crippen LogP contribution in [0.25, 0.3) is 0 Å². The summed E-state index contributed by atoms with van der Waals surface area (Å²) in [6.07, 6.45) is 0. The number of nitrogens with two attached hydrogens (primary N) is 1. The lowest BCUT2D eigenvalue weighted by molar-refractivity contribution is 1.03. The van der Waals surface area contributed by atoms with E-state index < -0.39 is 0 Å². The molecule has 0 heterocycles. The molecule has 0 atom stereocenters. The molecule has 0 aliphatic carbocycles. The van der Waals surface area contributed by atoms with E-state index >= 15 is 0 Å². The summed E-state index contributed by atoms with van der Waals surface area (Å²) in [6, 6.07) is 14.2. The Labute approximate surface area is 111 Å². The fraction of sp³-hybridized carbons (Fsp3) is 0.143. The second-order valence-corrected chi connectivity index (χ2v) is 5.43. The van der Waals surface area contributed by atoms with Crippen molar-refractivity contribution in [2.75, 3.05) is 0 Å². The van der Waals surface area contributed by atoms with Gasteiger partial charge in [-0.3, -0.25) is 0 Å². The van der Waals surface area contributed by atoms with Gasteiger partial charge in [0.1, 0.15) is 0 Å². The molecule has 17 heavy (non-hydrogen) atoms. The van der Waals surface area contributed by atoms with E-state index in [-0.39, 0.29) is 0 Å². The Balaban J connectivity index is 2.32. The highest BCUT2D eigenvalue weighted by atomic mass is 35.5. The van der Waals surface area contributed by atoms with Gasteiger partial charge in [-0.25, -0.2) is 0 Å². The zero-order valence-electron chi connectivity index (χ0n) is 9.61. The highest BCUT2D eigenvalue weighted by Crippen LogP contribution is 2.32. The van der Waals surface area contributed by atoms with Crippen LogP contribution in [0.5, 0.6) is 0 Å². The molecule has 2 aromatic carbocycles. The smallest absolute Gasteiger partial charge is 0.0417 e. The zero-order chi connectivity index (χ0) is 12.3. The van der Waals surface area contributed by atoms with Crippen molar-refractivity contribution in [1.29, 1.82) is 0 Å². The quantitative estimate of drug-likeness (QED) is 0.896. The fourth-order valence-electron chi connectivity index (χ4n) is 1.60. The molecule has 0 radical (unpaired) electrons. The van der Waals surface area contributed by atoms with Gasteiger partial charge in [0.25, 0.3) is 0 Å². The van der Waals surface area contributed by atoms with Crippen molar-refractivity contribution in [2.24, 2.45) is 5.73 Å². The zero-order valence-corrected chi connectivity index (χ0v) is 11.2. The summed E-state index contributed by atoms with van der Waals surface area (Å²) in [4.78, 5) is 2.34. The summed E-state index contributed by atoms with van der Waals surface area (Å²) in [7, 11) is 0. The van der Waals surface area contributed by atoms with Crippen molar-refractivity contribution in [2.45, 2.75) is 23.3 Å². The van der Waals surface area contributed by atoms with E-state index in [2.05, 4.69) is 31.2 Å². The van der Waals surface area contributed by atoms with Gasteiger partial charge in [0.05, 0.1) is 0 Å². The summed E-state index contributed by atoms with van der Waals surface area (Å²) < 4.78 is 0. The molecule has 3 heteroatoms. The van der Waals surface area contributed by atoms with Gasteiger partial charge in [0.2, 0.25) is 0 Å². The predicted octanol–water partition coefficient (Wildman–Crippen LogP) is 4.26. The third kappa shape index (κ3) is 3.25. The average Bonchev–Trinajstić information content (AvgIpc) is 2.29. The van der Waals surface area contributed by atoms with Gasteiger partial charge < -0.3 is 5.73 Å². The summed E-state index contributed by atoms with van der Waals surface area (Å²) in [5.41, 5.74) is 8.11. The standard InChI is InChI=1S/C14H14ClNS/c1-10-3-2-4-13(7-10)17-14-8-12(15)6-5-11(14)9-16/h2-8H,9,16H2,1H3. The maximum Gasteiger partial charge on any atom is 0.0417 e. The molecule has 2 N–H and O–H groups in total. The number of hydrogen-bond acceptors (Lipinski definition) is 2. The molecule has 0 unspecified atom stereocenters. The van der Waals surface area contributed by atoms with Crippen molar-refractivity contribution in [3.8, 4) is 0 Å². The van der Waals surface area contributed by atoms with Crippen LogP contribution in [0.2, 0.25) is 5.02 Å². The lowest BCUT2D eigenvalue weighted by atomic mass is 10.2. The molecular weight excluding hydrogens is 250 g/mol. The van der Waals surface area contributed by atoms with Crippen LogP contribution in [0.15, 0.2) is 52.3 Å². The molecule has 0 spiro atoms. The first-order chi connectivity index (χ1) is 8.19. The van der Waals surface area contributed by atoms with Gasteiger partial charge in [0, 0.05) is 21.4 Å². The van der Waals surface area contributed by atoms with Crippen LogP contribution in [-0.2, 0) is 6.54 Å². The Morgan fingerprint density at radius 3 is 2.71 bits per heavy atom. The Hall–Kier alpha value is -0.960. The van der Waals surface area contributed by atoms with Crippen molar-refractivity contribution in [3.63, 3.8) is 0 Å². The molecule has 0 amide bonds. The van der Waals surface area contributed by atoms with Crippen LogP contribution >= 0.6 is 23.4 Å². The van der Waals surface area contributed by atoms with Crippen LogP contribution in [0.3, 0.4) is 0 Å². The van der Waals surface area contributed by atoms with Gasteiger partial charge in [-0.1, -0.05) is 47.1 Å². The van der Waals surface area contributed by atoms with Crippen molar-refractivity contribution in [1.82, 2.24) is 0 Å². The molecule has 0 aromatic heterocycles. The summed E-state index contributed by atoms with van der Waals surface area (Å²) >= 11 is 7.72. The Bertz CT molecular complexity index is 525. The molecule has 2 aromatic rings. The van der Waals surface area contributed by atoms with E-state index in [4.69, 9.17) is 17.3 Å². The maximum absolute atomic E-state index is 6.02. The number of aryl methyl sites for hydroxylation is 1. The fourth-order valence-corrected chi connectivity index (χ4v) is 2.95. The molecule has 0 saturated heterocycles. The SMILES string of the molecule is Cc1cccc(Sc2cc(Cl)ccc2CN)c1. The lowest BCUT2D eigenvalue weighted by Crippen LogP contribution is -1.97. The normalized spacial score (nSPS) is 10.5. The average molecular weight is 264 g/mol. The van der Waals surface area contributed by atoms with Crippen molar-refractivity contribution >= 4 is 23.4 Å². The second-order valence-electron chi connectivity index (χ2n) is 3.87. The molecule has 1 nitrogen and oxygen atoms in total. The van der Waals surface area contributed by atoms with E-state index in [9.17, 15) is 0 Å². The molecule has 0 bridgehead atoms. The van der Waals surface area contributed by atoms with E-state index in [1.807, 2.05) is 18.2 Å². The van der Waals surface area contributed by atoms with Gasteiger partial charge in [0.15, 0.2) is 0 Å². The molecule has 0 fully saturated rings. The molecule has 88 valence electrons. The van der Waals surface area contributed by atoms with E-state index in [0.717, 1.165) is 15.5 Å². The van der Waals surface area contributed by atoms with Crippen molar-refractivity contribution < 1.29 is 0 Å². The molecular formula is C14H14ClNS. The van der Waals surface area contributed by atoms with Crippen LogP contribution in [0.1, 0.15) is 11.1 Å². The molecule has 0 saturated carbocycles. The highest BCUT2D eigenvalue weighted by molar-refractivity contribution is 7.99. The number of hydrogen-bond donors (Lipinski definition) is 1. The van der Waals surface area contributed by atoms with Gasteiger partial charge in [-0.2, -0.15) is 0 Å². The van der Waals surface area contributed by atoms with E-state index in [1.54, 1.807) is 11.8 Å². The first-order valence-corrected chi connectivity index (χ1v) is 6.61. The monoisotopic (exact) mass is 263 g/mol. The topological polar surface area (TPSA) is 26.0 Å². The number of benzene rings is 2. The minimum absolute atomic E-state index is 0.533. The summed E-state index contributed by atoms with van der Waals surface area (Å²) in [6.45, 7) is 2.62. The molecule has 0 aliphatic rings. The first kappa shape index (κ1) is 12.5. The third-order valence-corrected chi connectivity index (χ3v) is 3.79. The maximum atomic E-state index is 6.02. The minimum Gasteiger partial charge on any atom is -0.326 e. The Morgan fingerprint density at radius 2 is 2.00 bits per heavy atom. The van der Waals surface area contributed by atoms with Crippen LogP contribution < -0.4 is 5.73 Å². The van der Waals surface area contributed by atoms with Crippen LogP contribution in [-0.4, -0.2) is 0 Å². The Morgan fingerprint density at radius 1 is 1.18 bits per heavy atom. The van der Waals surface area contributed by atoms with E-state index in [1.165, 1.54) is 10.5 Å². The Kier molecular flexibility index (Phi) is 4.11. The summed E-state index contributed by atoms with van der Waals surface area (Å²) in [5, 5.41) is 0.748. The highest BCUT2D eigenvalue weighted by Gasteiger charge is 2.04. The van der Waals surface area contributed by atoms with Gasteiger partial charge in [-0.05, 0) is 36.8 Å². The third-order valence-electron chi connectivity index (χ3n) is 2.47.